The van der Waals surface area contributed by atoms with Crippen LogP contribution in [0.4, 0.5) is 5.69 Å². The Hall–Kier alpha value is -2.92. The van der Waals surface area contributed by atoms with Crippen molar-refractivity contribution in [1.29, 1.82) is 0 Å². The molecule has 0 saturated heterocycles. The van der Waals surface area contributed by atoms with Gasteiger partial charge in [0.15, 0.2) is 0 Å². The molecule has 0 radical (unpaired) electrons. The molecule has 0 unspecified atom stereocenters. The lowest BCUT2D eigenvalue weighted by Crippen LogP contribution is -2.26. The minimum Gasteiger partial charge on any atom is -0.392 e. The van der Waals surface area contributed by atoms with Crippen LogP contribution in [0.1, 0.15) is 40.9 Å². The molecule has 26 heavy (non-hydrogen) atoms. The van der Waals surface area contributed by atoms with Gasteiger partial charge in [0.2, 0.25) is 0 Å². The summed E-state index contributed by atoms with van der Waals surface area (Å²) in [5.74, 6) is -0.521. The summed E-state index contributed by atoms with van der Waals surface area (Å²) in [5.41, 5.74) is 3.20. The predicted molar refractivity (Wildman–Crippen MR) is 104 cm³/mol. The second-order valence-electron chi connectivity index (χ2n) is 6.16. The number of fused-ring (bicyclic) bond motifs is 1. The number of aromatic amines is 1. The second kappa shape index (κ2) is 7.54. The molecule has 3 rings (SSSR count). The van der Waals surface area contributed by atoms with Gasteiger partial charge < -0.3 is 15.4 Å². The number of nitrogens with one attached hydrogen (secondary N) is 2. The van der Waals surface area contributed by atoms with Gasteiger partial charge in [0.1, 0.15) is 5.56 Å². The van der Waals surface area contributed by atoms with Gasteiger partial charge >= 0.3 is 0 Å². The molecule has 0 fully saturated rings. The van der Waals surface area contributed by atoms with E-state index in [1.165, 1.54) is 0 Å². The molecule has 3 aromatic rings. The molecule has 1 heterocycles. The third kappa shape index (κ3) is 3.26. The SMILES string of the molecule is CCc1ccc(NC(=O)c2c(CO)c3c(CC)cccc3[nH]c2=O)cc1. The van der Waals surface area contributed by atoms with Crippen LogP contribution in [0.5, 0.6) is 0 Å². The molecule has 0 saturated carbocycles. The van der Waals surface area contributed by atoms with Crippen LogP contribution in [0.25, 0.3) is 10.9 Å². The monoisotopic (exact) mass is 350 g/mol. The van der Waals surface area contributed by atoms with Crippen molar-refractivity contribution >= 4 is 22.5 Å². The molecule has 0 bridgehead atoms. The van der Waals surface area contributed by atoms with Crippen LogP contribution >= 0.6 is 0 Å². The van der Waals surface area contributed by atoms with Crippen LogP contribution < -0.4 is 10.9 Å². The summed E-state index contributed by atoms with van der Waals surface area (Å²) in [6.07, 6.45) is 1.64. The van der Waals surface area contributed by atoms with E-state index in [-0.39, 0.29) is 12.2 Å². The van der Waals surface area contributed by atoms with Crippen LogP contribution in [0.3, 0.4) is 0 Å². The highest BCUT2D eigenvalue weighted by atomic mass is 16.3. The lowest BCUT2D eigenvalue weighted by atomic mass is 9.97. The number of aryl methyl sites for hydroxylation is 2. The van der Waals surface area contributed by atoms with E-state index in [4.69, 9.17) is 0 Å². The van der Waals surface area contributed by atoms with Crippen molar-refractivity contribution in [3.8, 4) is 0 Å². The van der Waals surface area contributed by atoms with Gasteiger partial charge in [-0.1, -0.05) is 38.1 Å². The summed E-state index contributed by atoms with van der Waals surface area (Å²) < 4.78 is 0. The Labute approximate surface area is 151 Å². The maximum absolute atomic E-state index is 12.8. The van der Waals surface area contributed by atoms with E-state index in [1.807, 2.05) is 43.3 Å². The number of rotatable bonds is 5. The third-order valence-electron chi connectivity index (χ3n) is 4.62. The number of H-pyrrole nitrogens is 1. The van der Waals surface area contributed by atoms with Gasteiger partial charge in [-0.2, -0.15) is 0 Å². The first-order valence-electron chi connectivity index (χ1n) is 8.76. The molecule has 1 aromatic heterocycles. The number of hydrogen-bond acceptors (Lipinski definition) is 3. The van der Waals surface area contributed by atoms with Crippen molar-refractivity contribution in [2.45, 2.75) is 33.3 Å². The molecule has 0 aliphatic heterocycles. The summed E-state index contributed by atoms with van der Waals surface area (Å²) in [6.45, 7) is 3.67. The summed E-state index contributed by atoms with van der Waals surface area (Å²) >= 11 is 0. The lowest BCUT2D eigenvalue weighted by Gasteiger charge is -2.13. The Morgan fingerprint density at radius 2 is 1.81 bits per heavy atom. The predicted octanol–water partition coefficient (Wildman–Crippen LogP) is 3.40. The molecule has 0 aliphatic rings. The topological polar surface area (TPSA) is 82.2 Å². The maximum Gasteiger partial charge on any atom is 0.261 e. The van der Waals surface area contributed by atoms with E-state index in [0.717, 1.165) is 29.4 Å². The highest BCUT2D eigenvalue weighted by Gasteiger charge is 2.20. The number of aromatic nitrogens is 1. The number of hydrogen-bond donors (Lipinski definition) is 3. The van der Waals surface area contributed by atoms with Crippen molar-refractivity contribution in [1.82, 2.24) is 4.98 Å². The number of anilines is 1. The molecule has 134 valence electrons. The van der Waals surface area contributed by atoms with Crippen LogP contribution in [-0.2, 0) is 19.4 Å². The van der Waals surface area contributed by atoms with E-state index in [9.17, 15) is 14.7 Å². The molecule has 5 heteroatoms. The molecule has 5 nitrogen and oxygen atoms in total. The van der Waals surface area contributed by atoms with Gasteiger partial charge in [-0.3, -0.25) is 9.59 Å². The Bertz CT molecular complexity index is 1000. The summed E-state index contributed by atoms with van der Waals surface area (Å²) in [6, 6.07) is 13.0. The number of benzene rings is 2. The molecule has 2 aromatic carbocycles. The lowest BCUT2D eigenvalue weighted by molar-refractivity contribution is 0.102. The molecular weight excluding hydrogens is 328 g/mol. The van der Waals surface area contributed by atoms with Crippen molar-refractivity contribution in [3.63, 3.8) is 0 Å². The number of aliphatic hydroxyl groups is 1. The Kier molecular flexibility index (Phi) is 5.19. The van der Waals surface area contributed by atoms with Crippen LogP contribution in [0.2, 0.25) is 0 Å². The van der Waals surface area contributed by atoms with E-state index in [0.29, 0.717) is 16.8 Å². The molecular formula is C21H22N2O3. The minimum atomic E-state index is -0.521. The summed E-state index contributed by atoms with van der Waals surface area (Å²) in [4.78, 5) is 28.1. The first kappa shape index (κ1) is 17.9. The van der Waals surface area contributed by atoms with Crippen LogP contribution in [0, 0.1) is 0 Å². The number of carbonyl (C=O) groups is 1. The summed E-state index contributed by atoms with van der Waals surface area (Å²) in [5, 5.41) is 13.4. The Morgan fingerprint density at radius 1 is 1.08 bits per heavy atom. The standard InChI is InChI=1S/C21H22N2O3/c1-3-13-8-10-15(11-9-13)22-20(25)19-16(12-24)18-14(4-2)6-5-7-17(18)23-21(19)26/h5-11,24H,3-4,12H2,1-2H3,(H,22,25)(H,23,26). The average molecular weight is 350 g/mol. The van der Waals surface area contributed by atoms with Gasteiger partial charge in [-0.05, 0) is 42.2 Å². The maximum atomic E-state index is 12.8. The highest BCUT2D eigenvalue weighted by Crippen LogP contribution is 2.24. The second-order valence-corrected chi connectivity index (χ2v) is 6.16. The van der Waals surface area contributed by atoms with Gasteiger partial charge in [0.05, 0.1) is 6.61 Å². The van der Waals surface area contributed by atoms with E-state index >= 15 is 0 Å². The molecule has 0 aliphatic carbocycles. The fraction of sp³-hybridized carbons (Fsp3) is 0.238. The fourth-order valence-corrected chi connectivity index (χ4v) is 3.22. The zero-order chi connectivity index (χ0) is 18.7. The normalized spacial score (nSPS) is 10.9. The quantitative estimate of drug-likeness (QED) is 0.659. The van der Waals surface area contributed by atoms with E-state index < -0.39 is 11.5 Å². The highest BCUT2D eigenvalue weighted by molar-refractivity contribution is 6.07. The number of carbonyl (C=O) groups excluding carboxylic acids is 1. The molecule has 0 spiro atoms. The Morgan fingerprint density at radius 3 is 2.42 bits per heavy atom. The van der Waals surface area contributed by atoms with E-state index in [1.54, 1.807) is 6.07 Å². The van der Waals surface area contributed by atoms with Crippen molar-refractivity contribution in [2.75, 3.05) is 5.32 Å². The number of amides is 1. The van der Waals surface area contributed by atoms with Crippen molar-refractivity contribution in [3.05, 3.63) is 75.1 Å². The fourth-order valence-electron chi connectivity index (χ4n) is 3.22. The Balaban J connectivity index is 2.09. The zero-order valence-electron chi connectivity index (χ0n) is 14.9. The van der Waals surface area contributed by atoms with Gasteiger partial charge in [0.25, 0.3) is 11.5 Å². The molecule has 3 N–H and O–H groups in total. The molecule has 1 amide bonds. The summed E-state index contributed by atoms with van der Waals surface area (Å²) in [7, 11) is 0. The number of aliphatic hydroxyl groups excluding tert-OH is 1. The zero-order valence-corrected chi connectivity index (χ0v) is 14.9. The van der Waals surface area contributed by atoms with E-state index in [2.05, 4.69) is 17.2 Å². The first-order chi connectivity index (χ1) is 12.6. The van der Waals surface area contributed by atoms with Crippen molar-refractivity contribution < 1.29 is 9.90 Å². The van der Waals surface area contributed by atoms with Gasteiger partial charge in [-0.25, -0.2) is 0 Å². The average Bonchev–Trinajstić information content (AvgIpc) is 2.66. The molecule has 0 atom stereocenters. The van der Waals surface area contributed by atoms with Crippen molar-refractivity contribution in [2.24, 2.45) is 0 Å². The first-order valence-corrected chi connectivity index (χ1v) is 8.76. The van der Waals surface area contributed by atoms with Crippen LogP contribution in [0.15, 0.2) is 47.3 Å². The third-order valence-corrected chi connectivity index (χ3v) is 4.62. The smallest absolute Gasteiger partial charge is 0.261 e. The number of pyridine rings is 1. The largest absolute Gasteiger partial charge is 0.392 e. The minimum absolute atomic E-state index is 0.0412. The van der Waals surface area contributed by atoms with Gasteiger partial charge in [-0.15, -0.1) is 0 Å². The van der Waals surface area contributed by atoms with Crippen LogP contribution in [-0.4, -0.2) is 16.0 Å². The van der Waals surface area contributed by atoms with Gasteiger partial charge in [0, 0.05) is 22.2 Å².